The maximum absolute atomic E-state index is 11.9. The molecule has 0 aromatic heterocycles. The van der Waals surface area contributed by atoms with Crippen molar-refractivity contribution in [2.24, 2.45) is 5.73 Å². The highest BCUT2D eigenvalue weighted by atomic mass is 35.5. The minimum atomic E-state index is -0.539. The second-order valence-corrected chi connectivity index (χ2v) is 5.39. The molecule has 0 aliphatic carbocycles. The van der Waals surface area contributed by atoms with Crippen molar-refractivity contribution >= 4 is 35.2 Å². The summed E-state index contributed by atoms with van der Waals surface area (Å²) < 4.78 is 5.20. The minimum Gasteiger partial charge on any atom is -0.460 e. The van der Waals surface area contributed by atoms with E-state index in [9.17, 15) is 9.59 Å². The molecule has 2 rings (SSSR count). The van der Waals surface area contributed by atoms with Crippen LogP contribution in [0.4, 0.5) is 4.79 Å². The predicted molar refractivity (Wildman–Crippen MR) is 76.1 cm³/mol. The van der Waals surface area contributed by atoms with E-state index in [0.717, 1.165) is 12.8 Å². The van der Waals surface area contributed by atoms with Gasteiger partial charge in [0.1, 0.15) is 6.61 Å². The number of likely N-dealkylation sites (tertiary alicyclic amines) is 1. The summed E-state index contributed by atoms with van der Waals surface area (Å²) in [7, 11) is 0. The van der Waals surface area contributed by atoms with Crippen LogP contribution in [0.25, 0.3) is 0 Å². The number of urea groups is 1. The monoisotopic (exact) mass is 316 g/mol. The van der Waals surface area contributed by atoms with E-state index < -0.39 is 12.0 Å². The Morgan fingerprint density at radius 3 is 2.80 bits per heavy atom. The van der Waals surface area contributed by atoms with Gasteiger partial charge in [-0.1, -0.05) is 23.2 Å². The molecule has 1 atom stereocenters. The lowest BCUT2D eigenvalue weighted by Crippen LogP contribution is -2.41. The highest BCUT2D eigenvalue weighted by Gasteiger charge is 2.28. The normalized spacial score (nSPS) is 18.1. The van der Waals surface area contributed by atoms with Crippen molar-refractivity contribution in [3.8, 4) is 0 Å². The van der Waals surface area contributed by atoms with Crippen molar-refractivity contribution in [3.63, 3.8) is 0 Å². The van der Waals surface area contributed by atoms with E-state index in [0.29, 0.717) is 11.6 Å². The molecule has 7 heteroatoms. The van der Waals surface area contributed by atoms with E-state index in [1.807, 2.05) is 0 Å². The summed E-state index contributed by atoms with van der Waals surface area (Å²) in [5, 5.41) is 0.683. The molecule has 108 valence electrons. The van der Waals surface area contributed by atoms with E-state index >= 15 is 0 Å². The molecule has 1 heterocycles. The van der Waals surface area contributed by atoms with Crippen molar-refractivity contribution < 1.29 is 14.3 Å². The van der Waals surface area contributed by atoms with Crippen LogP contribution in [-0.4, -0.2) is 36.1 Å². The standard InChI is InChI=1S/C13H14Cl2N2O3/c14-8-3-4-10(11(15)6-8)12(18)20-7-9-2-1-5-17(9)13(16)19/h3-4,6,9H,1-2,5,7H2,(H2,16,19). The Hall–Kier alpha value is -1.46. The van der Waals surface area contributed by atoms with Crippen molar-refractivity contribution in [3.05, 3.63) is 33.8 Å². The molecule has 1 unspecified atom stereocenters. The first-order valence-electron chi connectivity index (χ1n) is 6.17. The van der Waals surface area contributed by atoms with E-state index in [2.05, 4.69) is 0 Å². The lowest BCUT2D eigenvalue weighted by atomic mass is 10.2. The molecule has 0 spiro atoms. The zero-order valence-electron chi connectivity index (χ0n) is 10.6. The summed E-state index contributed by atoms with van der Waals surface area (Å²) >= 11 is 11.7. The average molecular weight is 317 g/mol. The van der Waals surface area contributed by atoms with Crippen LogP contribution < -0.4 is 5.73 Å². The summed E-state index contributed by atoms with van der Waals surface area (Å²) in [4.78, 5) is 24.6. The van der Waals surface area contributed by atoms with Crippen molar-refractivity contribution in [1.82, 2.24) is 4.90 Å². The van der Waals surface area contributed by atoms with Gasteiger partial charge in [-0.05, 0) is 31.0 Å². The predicted octanol–water partition coefficient (Wildman–Crippen LogP) is 2.69. The number of rotatable bonds is 3. The molecule has 0 radical (unpaired) electrons. The Balaban J connectivity index is 1.97. The average Bonchev–Trinajstić information content (AvgIpc) is 2.84. The Morgan fingerprint density at radius 2 is 2.15 bits per heavy atom. The summed E-state index contributed by atoms with van der Waals surface area (Å²) in [6, 6.07) is 3.89. The van der Waals surface area contributed by atoms with E-state index in [1.165, 1.54) is 17.0 Å². The van der Waals surface area contributed by atoms with Crippen molar-refractivity contribution in [2.75, 3.05) is 13.2 Å². The van der Waals surface area contributed by atoms with Crippen LogP contribution in [0.15, 0.2) is 18.2 Å². The number of nitrogens with zero attached hydrogens (tertiary/aromatic N) is 1. The zero-order chi connectivity index (χ0) is 14.7. The van der Waals surface area contributed by atoms with E-state index in [-0.39, 0.29) is 23.2 Å². The molecule has 1 aliphatic heterocycles. The van der Waals surface area contributed by atoms with Crippen LogP contribution in [0.3, 0.4) is 0 Å². The molecule has 2 N–H and O–H groups in total. The SMILES string of the molecule is NC(=O)N1CCCC1COC(=O)c1ccc(Cl)cc1Cl. The third kappa shape index (κ3) is 3.35. The van der Waals surface area contributed by atoms with Gasteiger partial charge in [0.2, 0.25) is 0 Å². The number of halogens is 2. The second-order valence-electron chi connectivity index (χ2n) is 4.55. The first-order chi connectivity index (χ1) is 9.49. The quantitative estimate of drug-likeness (QED) is 0.871. The number of hydrogen-bond donors (Lipinski definition) is 1. The van der Waals surface area contributed by atoms with Gasteiger partial charge in [-0.15, -0.1) is 0 Å². The number of primary amides is 1. The van der Waals surface area contributed by atoms with Gasteiger partial charge < -0.3 is 15.4 Å². The van der Waals surface area contributed by atoms with E-state index in [4.69, 9.17) is 33.7 Å². The first-order valence-corrected chi connectivity index (χ1v) is 6.93. The van der Waals surface area contributed by atoms with Crippen LogP contribution in [0.5, 0.6) is 0 Å². The van der Waals surface area contributed by atoms with Gasteiger partial charge in [-0.25, -0.2) is 9.59 Å². The highest BCUT2D eigenvalue weighted by Crippen LogP contribution is 2.22. The molecule has 1 aromatic carbocycles. The number of nitrogens with two attached hydrogens (primary N) is 1. The third-order valence-electron chi connectivity index (χ3n) is 3.22. The summed E-state index contributed by atoms with van der Waals surface area (Å²) in [6.45, 7) is 0.708. The van der Waals surface area contributed by atoms with Gasteiger partial charge >= 0.3 is 12.0 Å². The Bertz CT molecular complexity index is 536. The fourth-order valence-electron chi connectivity index (χ4n) is 2.20. The molecular weight excluding hydrogens is 303 g/mol. The molecule has 20 heavy (non-hydrogen) atoms. The maximum Gasteiger partial charge on any atom is 0.339 e. The third-order valence-corrected chi connectivity index (χ3v) is 3.77. The second kappa shape index (κ2) is 6.33. The number of hydrogen-bond acceptors (Lipinski definition) is 3. The molecule has 0 saturated carbocycles. The first kappa shape index (κ1) is 14.9. The smallest absolute Gasteiger partial charge is 0.339 e. The lowest BCUT2D eigenvalue weighted by molar-refractivity contribution is 0.0422. The molecule has 2 amide bonds. The molecule has 1 saturated heterocycles. The molecule has 5 nitrogen and oxygen atoms in total. The van der Waals surface area contributed by atoms with Gasteiger partial charge in [0, 0.05) is 11.6 Å². The van der Waals surface area contributed by atoms with E-state index in [1.54, 1.807) is 6.07 Å². The van der Waals surface area contributed by atoms with Gasteiger partial charge in [0.05, 0.1) is 16.6 Å². The topological polar surface area (TPSA) is 72.6 Å². The minimum absolute atomic E-state index is 0.112. The molecule has 1 aliphatic rings. The zero-order valence-corrected chi connectivity index (χ0v) is 12.2. The number of esters is 1. The van der Waals surface area contributed by atoms with Crippen molar-refractivity contribution in [2.45, 2.75) is 18.9 Å². The van der Waals surface area contributed by atoms with Gasteiger partial charge in [-0.3, -0.25) is 0 Å². The number of carbonyl (C=O) groups excluding carboxylic acids is 2. The number of amides is 2. The molecule has 1 aromatic rings. The lowest BCUT2D eigenvalue weighted by Gasteiger charge is -2.22. The van der Waals surface area contributed by atoms with Crippen LogP contribution >= 0.6 is 23.2 Å². The fraction of sp³-hybridized carbons (Fsp3) is 0.385. The number of carbonyl (C=O) groups is 2. The van der Waals surface area contributed by atoms with Crippen molar-refractivity contribution in [1.29, 1.82) is 0 Å². The summed E-state index contributed by atoms with van der Waals surface area (Å²) in [5.74, 6) is -0.539. The molecule has 1 fully saturated rings. The summed E-state index contributed by atoms with van der Waals surface area (Å²) in [5.41, 5.74) is 5.51. The van der Waals surface area contributed by atoms with Crippen LogP contribution in [0, 0.1) is 0 Å². The fourth-order valence-corrected chi connectivity index (χ4v) is 2.69. The largest absolute Gasteiger partial charge is 0.460 e. The Kier molecular flexibility index (Phi) is 4.73. The van der Waals surface area contributed by atoms with Crippen LogP contribution in [0.2, 0.25) is 10.0 Å². The van der Waals surface area contributed by atoms with Gasteiger partial charge in [-0.2, -0.15) is 0 Å². The van der Waals surface area contributed by atoms with Gasteiger partial charge in [0.15, 0.2) is 0 Å². The van der Waals surface area contributed by atoms with Gasteiger partial charge in [0.25, 0.3) is 0 Å². The molecule has 0 bridgehead atoms. The number of benzene rings is 1. The highest BCUT2D eigenvalue weighted by molar-refractivity contribution is 6.36. The number of ether oxygens (including phenoxy) is 1. The van der Waals surface area contributed by atoms with Crippen LogP contribution in [0.1, 0.15) is 23.2 Å². The molecular formula is C13H14Cl2N2O3. The summed E-state index contributed by atoms with van der Waals surface area (Å²) in [6.07, 6.45) is 1.62. The Morgan fingerprint density at radius 1 is 1.40 bits per heavy atom. The maximum atomic E-state index is 11.9. The van der Waals surface area contributed by atoms with Crippen LogP contribution in [-0.2, 0) is 4.74 Å². The Labute approximate surface area is 126 Å².